The van der Waals surface area contributed by atoms with Gasteiger partial charge in [-0.25, -0.2) is 4.79 Å². The molecule has 0 aromatic heterocycles. The molecular weight excluding hydrogens is 225 g/mol. The number of carbonyl (C=O) groups is 1. The molecule has 0 rings (SSSR count). The highest BCUT2D eigenvalue weighted by Crippen LogP contribution is 2.22. The van der Waals surface area contributed by atoms with Crippen molar-refractivity contribution in [1.82, 2.24) is 0 Å². The zero-order chi connectivity index (χ0) is 12.9. The number of halogens is 3. The van der Waals surface area contributed by atoms with Crippen LogP contribution in [0.5, 0.6) is 0 Å². The number of esters is 1. The first-order valence-corrected chi connectivity index (χ1v) is 4.70. The van der Waals surface area contributed by atoms with E-state index in [1.807, 2.05) is 0 Å². The van der Waals surface area contributed by atoms with Gasteiger partial charge in [0, 0.05) is 11.5 Å². The van der Waals surface area contributed by atoms with E-state index >= 15 is 0 Å². The van der Waals surface area contributed by atoms with Crippen molar-refractivity contribution in [2.24, 2.45) is 5.92 Å². The van der Waals surface area contributed by atoms with Gasteiger partial charge in [-0.2, -0.15) is 0 Å². The second kappa shape index (κ2) is 5.89. The number of rotatable bonds is 5. The van der Waals surface area contributed by atoms with Gasteiger partial charge in [0.15, 0.2) is 0 Å². The van der Waals surface area contributed by atoms with E-state index in [2.05, 4.69) is 11.3 Å². The minimum atomic E-state index is -4.67. The van der Waals surface area contributed by atoms with E-state index in [0.717, 1.165) is 0 Å². The first-order valence-electron chi connectivity index (χ1n) is 4.70. The van der Waals surface area contributed by atoms with E-state index in [4.69, 9.17) is 4.74 Å². The Balaban J connectivity index is 4.02. The summed E-state index contributed by atoms with van der Waals surface area (Å²) in [5.74, 6) is -1.17. The van der Waals surface area contributed by atoms with Crippen LogP contribution in [0.3, 0.4) is 0 Å². The van der Waals surface area contributed by atoms with E-state index in [-0.39, 0.29) is 12.2 Å². The Morgan fingerprint density at radius 2 is 1.88 bits per heavy atom. The van der Waals surface area contributed by atoms with Crippen molar-refractivity contribution in [3.05, 3.63) is 12.2 Å². The molecule has 2 atom stereocenters. The van der Waals surface area contributed by atoms with Crippen LogP contribution in [-0.2, 0) is 14.3 Å². The van der Waals surface area contributed by atoms with Gasteiger partial charge in [-0.15, -0.1) is 13.2 Å². The van der Waals surface area contributed by atoms with Crippen molar-refractivity contribution < 1.29 is 27.4 Å². The first-order chi connectivity index (χ1) is 7.13. The summed E-state index contributed by atoms with van der Waals surface area (Å²) in [6.07, 6.45) is -5.75. The van der Waals surface area contributed by atoms with Gasteiger partial charge in [-0.05, 0) is 13.8 Å². The Kier molecular flexibility index (Phi) is 5.50. The molecule has 0 aliphatic rings. The van der Waals surface area contributed by atoms with Crippen LogP contribution in [0.25, 0.3) is 0 Å². The number of ether oxygens (including phenoxy) is 2. The quantitative estimate of drug-likeness (QED) is 0.547. The third-order valence-electron chi connectivity index (χ3n) is 1.95. The van der Waals surface area contributed by atoms with Crippen LogP contribution < -0.4 is 0 Å². The normalized spacial score (nSPS) is 15.4. The van der Waals surface area contributed by atoms with Crippen molar-refractivity contribution >= 4 is 5.97 Å². The van der Waals surface area contributed by atoms with Gasteiger partial charge in [0.2, 0.25) is 0 Å². The lowest BCUT2D eigenvalue weighted by Crippen LogP contribution is -2.29. The second-order valence-electron chi connectivity index (χ2n) is 3.62. The van der Waals surface area contributed by atoms with Crippen molar-refractivity contribution in [3.8, 4) is 0 Å². The molecule has 2 unspecified atom stereocenters. The molecule has 0 heterocycles. The minimum absolute atomic E-state index is 0.136. The summed E-state index contributed by atoms with van der Waals surface area (Å²) in [4.78, 5) is 11.0. The van der Waals surface area contributed by atoms with Crippen LogP contribution in [0.15, 0.2) is 12.2 Å². The molecule has 0 fully saturated rings. The molecule has 0 aliphatic carbocycles. The van der Waals surface area contributed by atoms with Crippen LogP contribution in [0.2, 0.25) is 0 Å². The first kappa shape index (κ1) is 15.0. The Labute approximate surface area is 92.2 Å². The largest absolute Gasteiger partial charge is 0.522 e. The number of hydrogen-bond acceptors (Lipinski definition) is 3. The fourth-order valence-electron chi connectivity index (χ4n) is 0.793. The molecule has 3 nitrogen and oxygen atoms in total. The molecule has 0 N–H and O–H groups in total. The van der Waals surface area contributed by atoms with Crippen molar-refractivity contribution in [1.29, 1.82) is 0 Å². The maximum atomic E-state index is 11.8. The predicted octanol–water partition coefficient (Wildman–Crippen LogP) is 2.67. The van der Waals surface area contributed by atoms with Crippen LogP contribution in [0.1, 0.15) is 20.8 Å². The Bertz CT molecular complexity index is 261. The molecule has 0 spiro atoms. The zero-order valence-electron chi connectivity index (χ0n) is 9.43. The van der Waals surface area contributed by atoms with Gasteiger partial charge >= 0.3 is 12.3 Å². The molecule has 0 saturated heterocycles. The molecule has 0 saturated carbocycles. The fourth-order valence-corrected chi connectivity index (χ4v) is 0.793. The number of hydrogen-bond donors (Lipinski definition) is 0. The molecule has 0 radical (unpaired) electrons. The van der Waals surface area contributed by atoms with E-state index in [0.29, 0.717) is 0 Å². The molecule has 6 heteroatoms. The lowest BCUT2D eigenvalue weighted by molar-refractivity contribution is -0.346. The van der Waals surface area contributed by atoms with Crippen LogP contribution >= 0.6 is 0 Å². The fraction of sp³-hybridized carbons (Fsp3) is 0.700. The molecular formula is C10H15F3O3. The van der Waals surface area contributed by atoms with E-state index in [9.17, 15) is 18.0 Å². The smallest absolute Gasteiger partial charge is 0.462 e. The topological polar surface area (TPSA) is 35.5 Å². The van der Waals surface area contributed by atoms with E-state index in [1.54, 1.807) is 0 Å². The molecule has 0 bridgehead atoms. The number of alkyl halides is 3. The van der Waals surface area contributed by atoms with Gasteiger partial charge in [-0.3, -0.25) is 4.74 Å². The van der Waals surface area contributed by atoms with Gasteiger partial charge < -0.3 is 4.74 Å². The van der Waals surface area contributed by atoms with Crippen LogP contribution in [0.4, 0.5) is 13.2 Å². The van der Waals surface area contributed by atoms with Crippen molar-refractivity contribution in [2.75, 3.05) is 6.61 Å². The average molecular weight is 240 g/mol. The highest BCUT2D eigenvalue weighted by molar-refractivity contribution is 5.86. The third kappa shape index (κ3) is 6.44. The Morgan fingerprint density at radius 1 is 1.38 bits per heavy atom. The van der Waals surface area contributed by atoms with Gasteiger partial charge in [0.25, 0.3) is 0 Å². The summed E-state index contributed by atoms with van der Waals surface area (Å²) in [5, 5.41) is 0. The summed E-state index contributed by atoms with van der Waals surface area (Å²) < 4.78 is 44.0. The summed E-state index contributed by atoms with van der Waals surface area (Å²) in [5.41, 5.74) is 0.205. The summed E-state index contributed by atoms with van der Waals surface area (Å²) >= 11 is 0. The lowest BCUT2D eigenvalue weighted by Gasteiger charge is -2.21. The monoisotopic (exact) mass is 240 g/mol. The number of carbonyl (C=O) groups excluding carboxylic acids is 1. The molecule has 0 amide bonds. The average Bonchev–Trinajstić information content (AvgIpc) is 2.10. The molecule has 0 aromatic carbocycles. The third-order valence-corrected chi connectivity index (χ3v) is 1.95. The maximum absolute atomic E-state index is 11.8. The van der Waals surface area contributed by atoms with Crippen molar-refractivity contribution in [3.63, 3.8) is 0 Å². The van der Waals surface area contributed by atoms with E-state index in [1.165, 1.54) is 20.8 Å². The standard InChI is InChI=1S/C10H15F3O3/c1-6(2)9(14)15-5-7(3)8(4)16-10(11,12)13/h7-8H,1,5H2,2-4H3. The zero-order valence-corrected chi connectivity index (χ0v) is 9.43. The summed E-state index contributed by atoms with van der Waals surface area (Å²) in [6, 6.07) is 0. The summed E-state index contributed by atoms with van der Waals surface area (Å²) in [7, 11) is 0. The van der Waals surface area contributed by atoms with E-state index < -0.39 is 24.4 Å². The highest BCUT2D eigenvalue weighted by atomic mass is 19.4. The van der Waals surface area contributed by atoms with Crippen molar-refractivity contribution in [2.45, 2.75) is 33.2 Å². The van der Waals surface area contributed by atoms with Gasteiger partial charge in [0.05, 0.1) is 12.7 Å². The maximum Gasteiger partial charge on any atom is 0.522 e. The highest BCUT2D eigenvalue weighted by Gasteiger charge is 2.33. The molecule has 0 aliphatic heterocycles. The van der Waals surface area contributed by atoms with Gasteiger partial charge in [0.1, 0.15) is 0 Å². The van der Waals surface area contributed by atoms with Gasteiger partial charge in [-0.1, -0.05) is 13.5 Å². The molecule has 0 aromatic rings. The molecule has 16 heavy (non-hydrogen) atoms. The SMILES string of the molecule is C=C(C)C(=O)OCC(C)C(C)OC(F)(F)F. The Hall–Kier alpha value is -1.04. The minimum Gasteiger partial charge on any atom is -0.462 e. The van der Waals surface area contributed by atoms with Crippen LogP contribution in [0, 0.1) is 5.92 Å². The lowest BCUT2D eigenvalue weighted by atomic mass is 10.1. The Morgan fingerprint density at radius 3 is 2.25 bits per heavy atom. The predicted molar refractivity (Wildman–Crippen MR) is 51.5 cm³/mol. The summed E-state index contributed by atoms with van der Waals surface area (Å²) in [6.45, 7) is 7.45. The second-order valence-corrected chi connectivity index (χ2v) is 3.62. The van der Waals surface area contributed by atoms with Crippen LogP contribution in [-0.4, -0.2) is 25.0 Å². The molecule has 94 valence electrons.